The molecule has 0 saturated carbocycles. The van der Waals surface area contributed by atoms with E-state index in [-0.39, 0.29) is 28.3 Å². The average Bonchev–Trinajstić information content (AvgIpc) is 2.93. The van der Waals surface area contributed by atoms with Gasteiger partial charge in [0.15, 0.2) is 23.4 Å². The predicted molar refractivity (Wildman–Crippen MR) is 144 cm³/mol. The molecule has 0 spiro atoms. The van der Waals surface area contributed by atoms with Crippen molar-refractivity contribution in [2.45, 2.75) is 25.6 Å². The van der Waals surface area contributed by atoms with E-state index < -0.39 is 29.4 Å². The third-order valence-electron chi connectivity index (χ3n) is 5.90. The quantitative estimate of drug-likeness (QED) is 0.216. The number of allylic oxidation sites excluding steroid dienone is 1. The summed E-state index contributed by atoms with van der Waals surface area (Å²) in [6.07, 6.45) is -2.53. The molecule has 0 fully saturated rings. The standard InChI is InChI=1S/C29H24F3N3O5/c1-4-8-19-13-18(14-24(39-3)25(19)40-17(2)28(37)38)16-33-35-26(20-9-7-10-21(15-20)29(30,31)32)34-23-12-6-5-11-22(23)27(35)36/h4-7,9-17H,1,8H2,2-3H3,(H,37,38)/t17-/m0/s1. The zero-order valence-electron chi connectivity index (χ0n) is 21.5. The first kappa shape index (κ1) is 28.1. The van der Waals surface area contributed by atoms with Gasteiger partial charge >= 0.3 is 12.1 Å². The van der Waals surface area contributed by atoms with Crippen LogP contribution in [0.2, 0.25) is 0 Å². The van der Waals surface area contributed by atoms with Crippen LogP contribution in [0.25, 0.3) is 22.3 Å². The molecule has 1 heterocycles. The summed E-state index contributed by atoms with van der Waals surface area (Å²) in [7, 11) is 1.38. The number of alkyl halides is 3. The van der Waals surface area contributed by atoms with Crippen LogP contribution in [0, 0.1) is 0 Å². The third-order valence-corrected chi connectivity index (χ3v) is 5.90. The lowest BCUT2D eigenvalue weighted by Gasteiger charge is -2.18. The second-order valence-electron chi connectivity index (χ2n) is 8.70. The van der Waals surface area contributed by atoms with Gasteiger partial charge in [0.05, 0.1) is 29.8 Å². The van der Waals surface area contributed by atoms with E-state index in [1.807, 2.05) is 0 Å². The minimum atomic E-state index is -4.60. The van der Waals surface area contributed by atoms with Gasteiger partial charge in [-0.25, -0.2) is 9.78 Å². The molecule has 1 aromatic heterocycles. The number of methoxy groups -OCH3 is 1. The Balaban J connectivity index is 1.88. The topological polar surface area (TPSA) is 103 Å². The Labute approximate surface area is 226 Å². The number of halogens is 3. The van der Waals surface area contributed by atoms with E-state index in [1.165, 1.54) is 38.4 Å². The molecule has 4 aromatic rings. The van der Waals surface area contributed by atoms with Gasteiger partial charge < -0.3 is 14.6 Å². The van der Waals surface area contributed by atoms with Crippen LogP contribution in [0.4, 0.5) is 13.2 Å². The van der Waals surface area contributed by atoms with Crippen LogP contribution in [0.1, 0.15) is 23.6 Å². The normalized spacial score (nSPS) is 12.4. The van der Waals surface area contributed by atoms with Crippen molar-refractivity contribution >= 4 is 23.1 Å². The van der Waals surface area contributed by atoms with Crippen LogP contribution in [0.15, 0.2) is 83.2 Å². The summed E-state index contributed by atoms with van der Waals surface area (Å²) < 4.78 is 52.3. The third kappa shape index (κ3) is 5.88. The molecule has 8 nitrogen and oxygen atoms in total. The number of carbonyl (C=O) groups is 1. The zero-order valence-corrected chi connectivity index (χ0v) is 21.5. The van der Waals surface area contributed by atoms with Crippen LogP contribution < -0.4 is 15.0 Å². The number of nitrogens with zero attached hydrogens (tertiary/aromatic N) is 3. The van der Waals surface area contributed by atoms with Crippen molar-refractivity contribution in [1.29, 1.82) is 0 Å². The Hall–Kier alpha value is -4.93. The molecule has 0 radical (unpaired) electrons. The molecule has 40 heavy (non-hydrogen) atoms. The summed E-state index contributed by atoms with van der Waals surface area (Å²) in [6, 6.07) is 14.1. The average molecular weight is 552 g/mol. The summed E-state index contributed by atoms with van der Waals surface area (Å²) >= 11 is 0. The number of fused-ring (bicyclic) bond motifs is 1. The fourth-order valence-corrected chi connectivity index (χ4v) is 3.95. The summed E-state index contributed by atoms with van der Waals surface area (Å²) in [4.78, 5) is 29.2. The number of carboxylic acid groups (broad SMARTS) is 1. The van der Waals surface area contributed by atoms with Gasteiger partial charge in [0, 0.05) is 11.1 Å². The van der Waals surface area contributed by atoms with Crippen molar-refractivity contribution in [3.8, 4) is 22.9 Å². The number of hydrogen-bond donors (Lipinski definition) is 1. The Morgan fingerprint density at radius 1 is 1.18 bits per heavy atom. The molecule has 11 heteroatoms. The van der Waals surface area contributed by atoms with Crippen molar-refractivity contribution in [2.75, 3.05) is 7.11 Å². The maximum Gasteiger partial charge on any atom is 0.416 e. The molecule has 206 valence electrons. The highest BCUT2D eigenvalue weighted by atomic mass is 19.4. The summed E-state index contributed by atoms with van der Waals surface area (Å²) in [5.41, 5.74) is -0.137. The molecule has 0 amide bonds. The molecule has 3 aromatic carbocycles. The monoisotopic (exact) mass is 551 g/mol. The van der Waals surface area contributed by atoms with Crippen LogP contribution >= 0.6 is 0 Å². The number of benzene rings is 3. The molecule has 1 N–H and O–H groups in total. The van der Waals surface area contributed by atoms with Gasteiger partial charge in [-0.3, -0.25) is 4.79 Å². The molecule has 0 aliphatic carbocycles. The lowest BCUT2D eigenvalue weighted by Crippen LogP contribution is -2.23. The minimum absolute atomic E-state index is 0.0474. The second-order valence-corrected chi connectivity index (χ2v) is 8.70. The molecule has 0 saturated heterocycles. The van der Waals surface area contributed by atoms with Crippen molar-refractivity contribution in [1.82, 2.24) is 9.66 Å². The minimum Gasteiger partial charge on any atom is -0.493 e. The molecule has 0 aliphatic rings. The summed E-state index contributed by atoms with van der Waals surface area (Å²) in [5, 5.41) is 13.8. The maximum atomic E-state index is 13.4. The summed E-state index contributed by atoms with van der Waals surface area (Å²) in [5.74, 6) is -0.818. The van der Waals surface area contributed by atoms with Gasteiger partial charge in [-0.1, -0.05) is 30.3 Å². The number of hydrogen-bond acceptors (Lipinski definition) is 6. The van der Waals surface area contributed by atoms with E-state index in [9.17, 15) is 27.9 Å². The SMILES string of the molecule is C=CCc1cc(C=Nn2c(-c3cccc(C(F)(F)F)c3)nc3ccccc3c2=O)cc(OC)c1O[C@@H](C)C(=O)O. The number of aliphatic carboxylic acids is 1. The first-order chi connectivity index (χ1) is 19.0. The van der Waals surface area contributed by atoms with Crippen molar-refractivity contribution < 1.29 is 32.5 Å². The number of carboxylic acids is 1. The molecule has 0 aliphatic heterocycles. The van der Waals surface area contributed by atoms with Gasteiger partial charge in [0.1, 0.15) is 0 Å². The van der Waals surface area contributed by atoms with E-state index in [4.69, 9.17) is 9.47 Å². The highest BCUT2D eigenvalue weighted by Gasteiger charge is 2.31. The Morgan fingerprint density at radius 3 is 2.60 bits per heavy atom. The van der Waals surface area contributed by atoms with Crippen LogP contribution in [0.3, 0.4) is 0 Å². The van der Waals surface area contributed by atoms with Gasteiger partial charge in [0.2, 0.25) is 0 Å². The number of aromatic nitrogens is 2. The maximum absolute atomic E-state index is 13.4. The molecular formula is C29H24F3N3O5. The number of rotatable bonds is 9. The van der Waals surface area contributed by atoms with Crippen molar-refractivity contribution in [2.24, 2.45) is 5.10 Å². The fraction of sp³-hybridized carbons (Fsp3) is 0.172. The number of para-hydroxylation sites is 1. The Kier molecular flexibility index (Phi) is 8.03. The van der Waals surface area contributed by atoms with Gasteiger partial charge in [-0.15, -0.1) is 6.58 Å². The first-order valence-electron chi connectivity index (χ1n) is 12.0. The second kappa shape index (κ2) is 11.4. The Morgan fingerprint density at radius 2 is 1.93 bits per heavy atom. The first-order valence-corrected chi connectivity index (χ1v) is 12.0. The van der Waals surface area contributed by atoms with E-state index >= 15 is 0 Å². The van der Waals surface area contributed by atoms with Crippen LogP contribution in [-0.2, 0) is 17.4 Å². The van der Waals surface area contributed by atoms with Crippen LogP contribution in [0.5, 0.6) is 11.5 Å². The zero-order chi connectivity index (χ0) is 29.0. The lowest BCUT2D eigenvalue weighted by molar-refractivity contribution is -0.144. The molecule has 0 unspecified atom stereocenters. The van der Waals surface area contributed by atoms with Gasteiger partial charge in [-0.2, -0.15) is 22.9 Å². The molecule has 1 atom stereocenters. The van der Waals surface area contributed by atoms with E-state index in [0.717, 1.165) is 16.8 Å². The number of ether oxygens (including phenoxy) is 2. The molecular weight excluding hydrogens is 527 g/mol. The van der Waals surface area contributed by atoms with Gasteiger partial charge in [-0.05, 0) is 55.3 Å². The predicted octanol–water partition coefficient (Wildman–Crippen LogP) is 5.55. The largest absolute Gasteiger partial charge is 0.493 e. The van der Waals surface area contributed by atoms with Crippen molar-refractivity contribution in [3.05, 3.63) is 100 Å². The summed E-state index contributed by atoms with van der Waals surface area (Å²) in [6.45, 7) is 5.10. The van der Waals surface area contributed by atoms with E-state index in [2.05, 4.69) is 16.7 Å². The lowest BCUT2D eigenvalue weighted by atomic mass is 10.1. The van der Waals surface area contributed by atoms with Crippen LogP contribution in [-0.4, -0.2) is 40.2 Å². The molecule has 0 bridgehead atoms. The highest BCUT2D eigenvalue weighted by Crippen LogP contribution is 2.35. The fourth-order valence-electron chi connectivity index (χ4n) is 3.95. The molecule has 4 rings (SSSR count). The van der Waals surface area contributed by atoms with E-state index in [1.54, 1.807) is 36.4 Å². The highest BCUT2D eigenvalue weighted by molar-refractivity contribution is 5.83. The van der Waals surface area contributed by atoms with Crippen molar-refractivity contribution in [3.63, 3.8) is 0 Å². The smallest absolute Gasteiger partial charge is 0.416 e. The van der Waals surface area contributed by atoms with E-state index in [0.29, 0.717) is 23.1 Å². The van der Waals surface area contributed by atoms with Gasteiger partial charge in [0.25, 0.3) is 5.56 Å². The Bertz CT molecular complexity index is 1680.